The first-order valence-electron chi connectivity index (χ1n) is 7.83. The second-order valence-electron chi connectivity index (χ2n) is 6.34. The maximum Gasteiger partial charge on any atom is 0.0410 e. The Morgan fingerprint density at radius 1 is 1.20 bits per heavy atom. The molecule has 2 heterocycles. The molecule has 2 fully saturated rings. The van der Waals surface area contributed by atoms with E-state index in [9.17, 15) is 0 Å². The first kappa shape index (κ1) is 14.5. The Balaban J connectivity index is 1.68. The van der Waals surface area contributed by atoms with Gasteiger partial charge in [-0.05, 0) is 59.9 Å². The van der Waals surface area contributed by atoms with Gasteiger partial charge < -0.3 is 5.32 Å². The van der Waals surface area contributed by atoms with Crippen LogP contribution in [0.4, 0.5) is 0 Å². The summed E-state index contributed by atoms with van der Waals surface area (Å²) in [5.74, 6) is 0. The Labute approximate surface area is 130 Å². The van der Waals surface area contributed by atoms with Crippen molar-refractivity contribution in [2.75, 3.05) is 19.6 Å². The van der Waals surface area contributed by atoms with Gasteiger partial charge in [0.05, 0.1) is 0 Å². The van der Waals surface area contributed by atoms with Crippen LogP contribution in [0.2, 0.25) is 0 Å². The van der Waals surface area contributed by atoms with E-state index in [0.29, 0.717) is 5.54 Å². The lowest BCUT2D eigenvalue weighted by atomic mass is 9.81. The third kappa shape index (κ3) is 3.60. The number of pyridine rings is 1. The van der Waals surface area contributed by atoms with E-state index in [4.69, 9.17) is 0 Å². The fraction of sp³-hybridized carbons (Fsp3) is 0.688. The molecule has 0 unspecified atom stereocenters. The van der Waals surface area contributed by atoms with Crippen molar-refractivity contribution in [3.8, 4) is 0 Å². The van der Waals surface area contributed by atoms with Crippen molar-refractivity contribution in [1.82, 2.24) is 15.2 Å². The summed E-state index contributed by atoms with van der Waals surface area (Å²) in [6.07, 6.45) is 12.0. The Morgan fingerprint density at radius 2 is 2.05 bits per heavy atom. The van der Waals surface area contributed by atoms with Crippen molar-refractivity contribution >= 4 is 15.9 Å². The molecule has 110 valence electrons. The fourth-order valence-corrected chi connectivity index (χ4v) is 4.13. The molecule has 3 nitrogen and oxygen atoms in total. The molecule has 0 bridgehead atoms. The van der Waals surface area contributed by atoms with Crippen molar-refractivity contribution in [2.45, 2.75) is 50.6 Å². The van der Waals surface area contributed by atoms with Crippen molar-refractivity contribution in [1.29, 1.82) is 0 Å². The molecule has 1 N–H and O–H groups in total. The van der Waals surface area contributed by atoms with E-state index in [1.54, 1.807) is 0 Å². The quantitative estimate of drug-likeness (QED) is 0.896. The van der Waals surface area contributed by atoms with Gasteiger partial charge in [-0.15, -0.1) is 0 Å². The number of halogens is 1. The van der Waals surface area contributed by atoms with Crippen LogP contribution in [0.3, 0.4) is 0 Å². The fourth-order valence-electron chi connectivity index (χ4n) is 3.72. The number of hydrogen-bond acceptors (Lipinski definition) is 3. The minimum Gasteiger partial charge on any atom is -0.310 e. The molecule has 4 heteroatoms. The smallest absolute Gasteiger partial charge is 0.0410 e. The zero-order valence-corrected chi connectivity index (χ0v) is 13.7. The Bertz CT molecular complexity index is 443. The molecule has 1 saturated heterocycles. The number of hydrogen-bond donors (Lipinski definition) is 1. The molecule has 1 aliphatic heterocycles. The minimum absolute atomic E-state index is 0.383. The third-order valence-corrected chi connectivity index (χ3v) is 5.09. The van der Waals surface area contributed by atoms with Crippen molar-refractivity contribution in [2.24, 2.45) is 0 Å². The van der Waals surface area contributed by atoms with E-state index in [0.717, 1.165) is 11.0 Å². The lowest BCUT2D eigenvalue weighted by Crippen LogP contribution is -2.52. The van der Waals surface area contributed by atoms with Gasteiger partial charge in [-0.1, -0.05) is 19.3 Å². The van der Waals surface area contributed by atoms with Crippen LogP contribution >= 0.6 is 15.9 Å². The van der Waals surface area contributed by atoms with Crippen LogP contribution in [0.5, 0.6) is 0 Å². The zero-order chi connectivity index (χ0) is 13.8. The summed E-state index contributed by atoms with van der Waals surface area (Å²) in [7, 11) is 0. The van der Waals surface area contributed by atoms with E-state index < -0.39 is 0 Å². The topological polar surface area (TPSA) is 28.2 Å². The van der Waals surface area contributed by atoms with Crippen LogP contribution in [0.1, 0.15) is 44.1 Å². The average molecular weight is 338 g/mol. The van der Waals surface area contributed by atoms with Gasteiger partial charge in [-0.3, -0.25) is 9.88 Å². The van der Waals surface area contributed by atoms with E-state index >= 15 is 0 Å². The molecule has 1 aromatic heterocycles. The summed E-state index contributed by atoms with van der Waals surface area (Å²) in [6, 6.07) is 2.19. The van der Waals surface area contributed by atoms with Gasteiger partial charge in [0.15, 0.2) is 0 Å². The first-order valence-corrected chi connectivity index (χ1v) is 8.62. The van der Waals surface area contributed by atoms with Gasteiger partial charge in [0, 0.05) is 35.5 Å². The molecule has 1 aromatic rings. The Morgan fingerprint density at radius 3 is 2.85 bits per heavy atom. The summed E-state index contributed by atoms with van der Waals surface area (Å²) < 4.78 is 1.08. The highest BCUT2D eigenvalue weighted by Crippen LogP contribution is 2.30. The molecular formula is C16H24BrN3. The average Bonchev–Trinajstić information content (AvgIpc) is 2.62. The van der Waals surface area contributed by atoms with E-state index in [1.165, 1.54) is 63.7 Å². The highest BCUT2D eigenvalue weighted by molar-refractivity contribution is 9.10. The van der Waals surface area contributed by atoms with Crippen LogP contribution in [0.25, 0.3) is 0 Å². The molecule has 1 saturated carbocycles. The summed E-state index contributed by atoms with van der Waals surface area (Å²) >= 11 is 3.52. The van der Waals surface area contributed by atoms with Crippen LogP contribution < -0.4 is 5.32 Å². The maximum absolute atomic E-state index is 4.29. The highest BCUT2D eigenvalue weighted by atomic mass is 79.9. The second kappa shape index (κ2) is 6.54. The largest absolute Gasteiger partial charge is 0.310 e. The zero-order valence-electron chi connectivity index (χ0n) is 12.1. The van der Waals surface area contributed by atoms with Crippen molar-refractivity contribution in [3.05, 3.63) is 28.5 Å². The van der Waals surface area contributed by atoms with Crippen LogP contribution in [0, 0.1) is 0 Å². The van der Waals surface area contributed by atoms with Crippen molar-refractivity contribution in [3.63, 3.8) is 0 Å². The van der Waals surface area contributed by atoms with E-state index in [1.807, 2.05) is 12.4 Å². The predicted octanol–water partition coefficient (Wildman–Crippen LogP) is 3.34. The molecule has 1 spiro atoms. The lowest BCUT2D eigenvalue weighted by Gasteiger charge is -2.40. The normalized spacial score (nSPS) is 23.6. The summed E-state index contributed by atoms with van der Waals surface area (Å²) in [4.78, 5) is 6.91. The van der Waals surface area contributed by atoms with Gasteiger partial charge in [0.2, 0.25) is 0 Å². The SMILES string of the molecule is Brc1cncc(CN2CCCNC3(CCCCC3)C2)c1. The molecule has 3 rings (SSSR count). The van der Waals surface area contributed by atoms with Crippen molar-refractivity contribution < 1.29 is 0 Å². The predicted molar refractivity (Wildman–Crippen MR) is 85.6 cm³/mol. The molecule has 20 heavy (non-hydrogen) atoms. The molecule has 0 radical (unpaired) electrons. The van der Waals surface area contributed by atoms with Gasteiger partial charge in [-0.25, -0.2) is 0 Å². The number of nitrogens with zero attached hydrogens (tertiary/aromatic N) is 2. The van der Waals surface area contributed by atoms with Gasteiger partial charge in [-0.2, -0.15) is 0 Å². The standard InChI is InChI=1S/C16H24BrN3/c17-15-9-14(10-18-11-15)12-20-8-4-7-19-16(13-20)5-2-1-3-6-16/h9-11,19H,1-8,12-13H2. The van der Waals surface area contributed by atoms with Gasteiger partial charge in [0.25, 0.3) is 0 Å². The highest BCUT2D eigenvalue weighted by Gasteiger charge is 2.34. The van der Waals surface area contributed by atoms with Crippen LogP contribution in [0.15, 0.2) is 22.9 Å². The molecular weight excluding hydrogens is 314 g/mol. The summed E-state index contributed by atoms with van der Waals surface area (Å²) in [5.41, 5.74) is 1.70. The summed E-state index contributed by atoms with van der Waals surface area (Å²) in [5, 5.41) is 3.86. The molecule has 0 amide bonds. The number of aromatic nitrogens is 1. The van der Waals surface area contributed by atoms with Crippen LogP contribution in [-0.4, -0.2) is 35.1 Å². The van der Waals surface area contributed by atoms with Gasteiger partial charge in [0.1, 0.15) is 0 Å². The Hall–Kier alpha value is -0.450. The van der Waals surface area contributed by atoms with E-state index in [-0.39, 0.29) is 0 Å². The summed E-state index contributed by atoms with van der Waals surface area (Å²) in [6.45, 7) is 4.59. The first-order chi connectivity index (χ1) is 9.76. The second-order valence-corrected chi connectivity index (χ2v) is 7.26. The molecule has 2 aliphatic rings. The molecule has 1 aliphatic carbocycles. The maximum atomic E-state index is 4.29. The minimum atomic E-state index is 0.383. The monoisotopic (exact) mass is 337 g/mol. The Kier molecular flexibility index (Phi) is 4.74. The van der Waals surface area contributed by atoms with E-state index in [2.05, 4.69) is 37.2 Å². The number of nitrogens with one attached hydrogen (secondary N) is 1. The number of rotatable bonds is 2. The lowest BCUT2D eigenvalue weighted by molar-refractivity contribution is 0.159. The molecule has 0 atom stereocenters. The van der Waals surface area contributed by atoms with Gasteiger partial charge >= 0.3 is 0 Å². The van der Waals surface area contributed by atoms with Crippen LogP contribution in [-0.2, 0) is 6.54 Å². The molecule has 0 aromatic carbocycles. The third-order valence-electron chi connectivity index (χ3n) is 4.66.